The Balaban J connectivity index is 2.84. The van der Waals surface area contributed by atoms with Gasteiger partial charge in [-0.05, 0) is 13.0 Å². The Labute approximate surface area is 117 Å². The van der Waals surface area contributed by atoms with Crippen molar-refractivity contribution in [2.45, 2.75) is 38.7 Å². The van der Waals surface area contributed by atoms with E-state index in [4.69, 9.17) is 5.11 Å². The van der Waals surface area contributed by atoms with E-state index in [1.165, 1.54) is 4.68 Å². The minimum absolute atomic E-state index is 0.192. The van der Waals surface area contributed by atoms with Crippen LogP contribution in [0.25, 0.3) is 0 Å². The first-order valence-electron chi connectivity index (χ1n) is 6.23. The van der Waals surface area contributed by atoms with Crippen molar-refractivity contribution < 1.29 is 19.8 Å². The number of nitrogens with one attached hydrogen (secondary N) is 1. The molecular formula is C13H21N3O4. The third-order valence-corrected chi connectivity index (χ3v) is 2.93. The van der Waals surface area contributed by atoms with Crippen LogP contribution in [0.2, 0.25) is 0 Å². The summed E-state index contributed by atoms with van der Waals surface area (Å²) >= 11 is 0. The van der Waals surface area contributed by atoms with E-state index in [9.17, 15) is 14.7 Å². The second-order valence-corrected chi connectivity index (χ2v) is 6.05. The number of rotatable bonds is 4. The monoisotopic (exact) mass is 283 g/mol. The summed E-state index contributed by atoms with van der Waals surface area (Å²) in [6.45, 7) is 6.68. The molecule has 112 valence electrons. The zero-order chi connectivity index (χ0) is 15.7. The van der Waals surface area contributed by atoms with E-state index in [1.54, 1.807) is 13.1 Å². The summed E-state index contributed by atoms with van der Waals surface area (Å²) in [6, 6.07) is 1.66. The average Bonchev–Trinajstić information content (AvgIpc) is 2.68. The number of amides is 1. The third kappa shape index (κ3) is 3.57. The van der Waals surface area contributed by atoms with Gasteiger partial charge in [-0.25, -0.2) is 4.79 Å². The highest BCUT2D eigenvalue weighted by Crippen LogP contribution is 2.21. The molecule has 20 heavy (non-hydrogen) atoms. The molecule has 0 radical (unpaired) electrons. The first kappa shape index (κ1) is 16.2. The minimum Gasteiger partial charge on any atom is -0.479 e. The largest absolute Gasteiger partial charge is 0.479 e. The van der Waals surface area contributed by atoms with Gasteiger partial charge < -0.3 is 15.5 Å². The number of aliphatic carboxylic acids is 1. The third-order valence-electron chi connectivity index (χ3n) is 2.93. The standard InChI is InChI=1S/C13H21N3O4/c1-12(2,3)9-6-8(16(5)15-9)10(17)14-7-13(4,20)11(18)19/h6,20H,7H2,1-5H3,(H,14,17)(H,18,19). The van der Waals surface area contributed by atoms with Gasteiger partial charge in [-0.3, -0.25) is 9.48 Å². The number of aromatic nitrogens is 2. The number of aryl methyl sites for hydroxylation is 1. The lowest BCUT2D eigenvalue weighted by atomic mass is 9.92. The molecule has 7 nitrogen and oxygen atoms in total. The minimum atomic E-state index is -2.00. The van der Waals surface area contributed by atoms with Gasteiger partial charge in [0.2, 0.25) is 0 Å². The number of carboxylic acid groups (broad SMARTS) is 1. The van der Waals surface area contributed by atoms with E-state index in [-0.39, 0.29) is 12.0 Å². The first-order chi connectivity index (χ1) is 8.95. The fourth-order valence-electron chi connectivity index (χ4n) is 1.46. The molecule has 0 saturated carbocycles. The van der Waals surface area contributed by atoms with Crippen LogP contribution in [0.4, 0.5) is 0 Å². The van der Waals surface area contributed by atoms with E-state index in [1.807, 2.05) is 20.8 Å². The molecule has 0 saturated heterocycles. The molecule has 7 heteroatoms. The molecule has 0 aromatic carbocycles. The summed E-state index contributed by atoms with van der Waals surface area (Å²) in [4.78, 5) is 22.8. The molecule has 3 N–H and O–H groups in total. The SMILES string of the molecule is Cn1nc(C(C)(C)C)cc1C(=O)NCC(C)(O)C(=O)O. The van der Waals surface area contributed by atoms with Crippen LogP contribution in [0, 0.1) is 0 Å². The van der Waals surface area contributed by atoms with Crippen LogP contribution in [0.1, 0.15) is 43.9 Å². The predicted molar refractivity (Wildman–Crippen MR) is 72.5 cm³/mol. The zero-order valence-electron chi connectivity index (χ0n) is 12.4. The van der Waals surface area contributed by atoms with Crippen molar-refractivity contribution in [2.24, 2.45) is 7.05 Å². The maximum absolute atomic E-state index is 12.0. The molecule has 1 unspecified atom stereocenters. The molecule has 0 bridgehead atoms. The molecule has 1 aromatic rings. The first-order valence-corrected chi connectivity index (χ1v) is 6.23. The molecule has 1 heterocycles. The van der Waals surface area contributed by atoms with Crippen molar-refractivity contribution in [1.29, 1.82) is 0 Å². The molecule has 1 rings (SSSR count). The van der Waals surface area contributed by atoms with E-state index in [0.717, 1.165) is 12.6 Å². The van der Waals surface area contributed by atoms with Crippen LogP contribution < -0.4 is 5.32 Å². The number of aliphatic hydroxyl groups is 1. The normalized spacial score (nSPS) is 14.7. The molecule has 0 spiro atoms. The van der Waals surface area contributed by atoms with Crippen molar-refractivity contribution in [1.82, 2.24) is 15.1 Å². The Bertz CT molecular complexity index is 526. The van der Waals surface area contributed by atoms with Gasteiger partial charge >= 0.3 is 5.97 Å². The van der Waals surface area contributed by atoms with E-state index in [0.29, 0.717) is 5.69 Å². The molecule has 0 aliphatic carbocycles. The summed E-state index contributed by atoms with van der Waals surface area (Å²) in [5.41, 5.74) is -1.12. The topological polar surface area (TPSA) is 104 Å². The number of hydrogen-bond acceptors (Lipinski definition) is 4. The summed E-state index contributed by atoms with van der Waals surface area (Å²) in [6.07, 6.45) is 0. The second-order valence-electron chi connectivity index (χ2n) is 6.05. The Morgan fingerprint density at radius 1 is 1.35 bits per heavy atom. The lowest BCUT2D eigenvalue weighted by molar-refractivity contribution is -0.155. The molecular weight excluding hydrogens is 262 g/mol. The fourth-order valence-corrected chi connectivity index (χ4v) is 1.46. The van der Waals surface area contributed by atoms with E-state index in [2.05, 4.69) is 10.4 Å². The lowest BCUT2D eigenvalue weighted by Crippen LogP contribution is -2.46. The van der Waals surface area contributed by atoms with Crippen molar-refractivity contribution in [3.05, 3.63) is 17.5 Å². The Morgan fingerprint density at radius 3 is 2.30 bits per heavy atom. The van der Waals surface area contributed by atoms with Crippen LogP contribution in [0.3, 0.4) is 0 Å². The van der Waals surface area contributed by atoms with Gasteiger partial charge in [0.05, 0.1) is 12.2 Å². The zero-order valence-corrected chi connectivity index (χ0v) is 12.4. The van der Waals surface area contributed by atoms with Gasteiger partial charge in [0.15, 0.2) is 5.60 Å². The molecule has 0 aliphatic rings. The van der Waals surface area contributed by atoms with Crippen LogP contribution in [0.15, 0.2) is 6.07 Å². The highest BCUT2D eigenvalue weighted by Gasteiger charge is 2.31. The second kappa shape index (κ2) is 5.24. The number of nitrogens with zero attached hydrogens (tertiary/aromatic N) is 2. The summed E-state index contributed by atoms with van der Waals surface area (Å²) in [7, 11) is 1.64. The number of carbonyl (C=O) groups excluding carboxylic acids is 1. The van der Waals surface area contributed by atoms with Gasteiger partial charge in [0.25, 0.3) is 5.91 Å². The average molecular weight is 283 g/mol. The van der Waals surface area contributed by atoms with Crippen LogP contribution in [0.5, 0.6) is 0 Å². The van der Waals surface area contributed by atoms with Gasteiger partial charge in [-0.15, -0.1) is 0 Å². The van der Waals surface area contributed by atoms with Crippen molar-refractivity contribution >= 4 is 11.9 Å². The number of carboxylic acids is 1. The van der Waals surface area contributed by atoms with Crippen LogP contribution >= 0.6 is 0 Å². The van der Waals surface area contributed by atoms with Crippen molar-refractivity contribution in [3.63, 3.8) is 0 Å². The molecule has 0 fully saturated rings. The van der Waals surface area contributed by atoms with Gasteiger partial charge in [0, 0.05) is 12.5 Å². The Morgan fingerprint density at radius 2 is 1.90 bits per heavy atom. The van der Waals surface area contributed by atoms with E-state index >= 15 is 0 Å². The van der Waals surface area contributed by atoms with Gasteiger partial charge in [0.1, 0.15) is 5.69 Å². The number of hydrogen-bond donors (Lipinski definition) is 3. The van der Waals surface area contributed by atoms with E-state index < -0.39 is 17.5 Å². The Kier molecular flexibility index (Phi) is 4.24. The lowest BCUT2D eigenvalue weighted by Gasteiger charge is -2.18. The number of carbonyl (C=O) groups is 2. The molecule has 1 amide bonds. The smallest absolute Gasteiger partial charge is 0.337 e. The Hall–Kier alpha value is -1.89. The quantitative estimate of drug-likeness (QED) is 0.736. The summed E-state index contributed by atoms with van der Waals surface area (Å²) in [5.74, 6) is -1.87. The molecule has 1 aromatic heterocycles. The van der Waals surface area contributed by atoms with Gasteiger partial charge in [-0.1, -0.05) is 20.8 Å². The van der Waals surface area contributed by atoms with Crippen LogP contribution in [-0.4, -0.2) is 44.0 Å². The maximum atomic E-state index is 12.0. The summed E-state index contributed by atoms with van der Waals surface area (Å²) in [5, 5.41) is 25.0. The highest BCUT2D eigenvalue weighted by molar-refractivity contribution is 5.93. The molecule has 0 aliphatic heterocycles. The predicted octanol–water partition coefficient (Wildman–Crippen LogP) is 0.283. The molecule has 1 atom stereocenters. The highest BCUT2D eigenvalue weighted by atomic mass is 16.4. The van der Waals surface area contributed by atoms with Crippen molar-refractivity contribution in [2.75, 3.05) is 6.54 Å². The van der Waals surface area contributed by atoms with Gasteiger partial charge in [-0.2, -0.15) is 5.10 Å². The summed E-state index contributed by atoms with van der Waals surface area (Å²) < 4.78 is 1.44. The maximum Gasteiger partial charge on any atom is 0.337 e. The van der Waals surface area contributed by atoms with Crippen molar-refractivity contribution in [3.8, 4) is 0 Å². The van der Waals surface area contributed by atoms with Crippen LogP contribution in [-0.2, 0) is 17.3 Å². The fraction of sp³-hybridized carbons (Fsp3) is 0.615.